The van der Waals surface area contributed by atoms with Crippen molar-refractivity contribution >= 4 is 46.3 Å². The molecule has 11 heteroatoms. The molecule has 2 saturated heterocycles. The van der Waals surface area contributed by atoms with Crippen LogP contribution in [-0.4, -0.2) is 71.2 Å². The number of aromatic nitrogens is 1. The van der Waals surface area contributed by atoms with Crippen molar-refractivity contribution in [3.8, 4) is 0 Å². The number of benzene rings is 1. The first-order chi connectivity index (χ1) is 25.1. The van der Waals surface area contributed by atoms with Crippen LogP contribution in [0.25, 0.3) is 0 Å². The number of ether oxygens (including phenoxy) is 1. The first-order valence-corrected chi connectivity index (χ1v) is 18.9. The number of amides is 3. The molecule has 1 atom stereocenters. The van der Waals surface area contributed by atoms with Crippen molar-refractivity contribution < 1.29 is 19.1 Å². The van der Waals surface area contributed by atoms with E-state index in [1.165, 1.54) is 11.3 Å². The van der Waals surface area contributed by atoms with E-state index in [1.54, 1.807) is 47.5 Å². The largest absolute Gasteiger partial charge is 0.381 e. The van der Waals surface area contributed by atoms with E-state index < -0.39 is 6.04 Å². The maximum absolute atomic E-state index is 14.2. The molecule has 52 heavy (non-hydrogen) atoms. The second-order valence-corrected chi connectivity index (χ2v) is 16.3. The standard InChI is InChI=1S/C41H44N6O4S/c1-5-6-7-32-26(3)47(27(4)35(44-32)33-12-13-34(52-33)38(49)45-41-19-28(20-41)21-41)39(50)29-8-10-30(11-9-29)43-37(48)31-18-25(2)22-42-36(31)46-23-40(24-46)14-16-51-17-15-40/h5-13,18,22,27-28H,1,14-17,19-21,23-24H2,2-4H3,(H,43,48)(H,45,49)/b7-6-/t27-,28?,41?/m1/s1. The molecule has 1 spiro atoms. The number of pyridine rings is 1. The van der Waals surface area contributed by atoms with Gasteiger partial charge in [-0.25, -0.2) is 9.98 Å². The van der Waals surface area contributed by atoms with Gasteiger partial charge in [0.2, 0.25) is 0 Å². The van der Waals surface area contributed by atoms with Gasteiger partial charge in [0.1, 0.15) is 5.82 Å². The van der Waals surface area contributed by atoms with Crippen LogP contribution in [0.15, 0.2) is 89.9 Å². The predicted octanol–water partition coefficient (Wildman–Crippen LogP) is 6.91. The molecule has 10 nitrogen and oxygen atoms in total. The second kappa shape index (κ2) is 13.3. The van der Waals surface area contributed by atoms with Gasteiger partial charge in [0.25, 0.3) is 17.7 Å². The molecule has 6 aliphatic rings. The molecule has 2 bridgehead atoms. The number of aliphatic imine (C=N–C) groups is 1. The van der Waals surface area contributed by atoms with Crippen LogP contribution in [0.1, 0.15) is 86.8 Å². The lowest BCUT2D eigenvalue weighted by Crippen LogP contribution is -2.68. The highest BCUT2D eigenvalue weighted by Gasteiger charge is 2.57. The molecule has 268 valence electrons. The summed E-state index contributed by atoms with van der Waals surface area (Å²) in [5.74, 6) is 0.991. The molecule has 5 fully saturated rings. The molecule has 3 amide bonds. The number of aryl methyl sites for hydroxylation is 1. The average Bonchev–Trinajstić information content (AvgIpc) is 3.59. The monoisotopic (exact) mass is 716 g/mol. The number of carbonyl (C=O) groups is 3. The molecule has 5 heterocycles. The molecule has 3 saturated carbocycles. The Morgan fingerprint density at radius 1 is 1.02 bits per heavy atom. The highest BCUT2D eigenvalue weighted by molar-refractivity contribution is 7.16. The third-order valence-corrected chi connectivity index (χ3v) is 12.5. The van der Waals surface area contributed by atoms with Crippen LogP contribution in [0.3, 0.4) is 0 Å². The fourth-order valence-electron chi connectivity index (χ4n) is 8.33. The maximum Gasteiger partial charge on any atom is 0.261 e. The highest BCUT2D eigenvalue weighted by atomic mass is 32.1. The summed E-state index contributed by atoms with van der Waals surface area (Å²) in [6, 6.07) is 12.2. The molecule has 3 aromatic rings. The fraction of sp³-hybridized carbons (Fsp3) is 0.390. The maximum atomic E-state index is 14.2. The number of rotatable bonds is 9. The van der Waals surface area contributed by atoms with Gasteiger partial charge in [0, 0.05) is 60.4 Å². The zero-order valence-electron chi connectivity index (χ0n) is 29.9. The number of nitrogens with zero attached hydrogens (tertiary/aromatic N) is 4. The third-order valence-electron chi connectivity index (χ3n) is 11.4. The molecular formula is C41H44N6O4S. The van der Waals surface area contributed by atoms with Crippen molar-refractivity contribution in [1.82, 2.24) is 15.2 Å². The van der Waals surface area contributed by atoms with E-state index in [9.17, 15) is 14.4 Å². The van der Waals surface area contributed by atoms with Crippen LogP contribution < -0.4 is 15.5 Å². The second-order valence-electron chi connectivity index (χ2n) is 15.2. The van der Waals surface area contributed by atoms with Crippen LogP contribution in [0.5, 0.6) is 0 Å². The SMILES string of the molecule is C=C/C=C\C1=C(C)N(C(=O)c2ccc(NC(=O)c3cc(C)cnc3N3CC4(CCOCC4)C3)cc2)[C@H](C)C(c2ccc(C(=O)NC34CC(C3)C4)s2)=N1. The summed E-state index contributed by atoms with van der Waals surface area (Å²) < 4.78 is 5.57. The van der Waals surface area contributed by atoms with Crippen LogP contribution in [-0.2, 0) is 4.74 Å². The molecule has 2 N–H and O–H groups in total. The molecule has 1 aromatic carbocycles. The summed E-state index contributed by atoms with van der Waals surface area (Å²) in [6.45, 7) is 12.9. The molecule has 9 rings (SSSR count). The quantitative estimate of drug-likeness (QED) is 0.233. The van der Waals surface area contributed by atoms with Crippen molar-refractivity contribution in [3.05, 3.63) is 111 Å². The smallest absolute Gasteiger partial charge is 0.261 e. The Hall–Kier alpha value is -4.87. The molecule has 3 aliphatic carbocycles. The van der Waals surface area contributed by atoms with Gasteiger partial charge in [-0.05, 0) is 113 Å². The Kier molecular flexibility index (Phi) is 8.74. The number of carbonyl (C=O) groups excluding carboxylic acids is 3. The fourth-order valence-corrected chi connectivity index (χ4v) is 9.30. The minimum Gasteiger partial charge on any atom is -0.381 e. The van der Waals surface area contributed by atoms with Gasteiger partial charge in [0.05, 0.1) is 32.8 Å². The summed E-state index contributed by atoms with van der Waals surface area (Å²) in [6.07, 6.45) is 12.4. The van der Waals surface area contributed by atoms with Crippen LogP contribution in [0.4, 0.5) is 11.5 Å². The van der Waals surface area contributed by atoms with Crippen molar-refractivity contribution in [2.45, 2.75) is 64.5 Å². The number of nitrogens with one attached hydrogen (secondary N) is 2. The molecule has 3 aliphatic heterocycles. The van der Waals surface area contributed by atoms with E-state index in [2.05, 4.69) is 27.1 Å². The van der Waals surface area contributed by atoms with Crippen molar-refractivity contribution in [1.29, 1.82) is 0 Å². The number of hydrogen-bond donors (Lipinski definition) is 2. The van der Waals surface area contributed by atoms with Gasteiger partial charge in [0.15, 0.2) is 0 Å². The molecule has 0 radical (unpaired) electrons. The van der Waals surface area contributed by atoms with Gasteiger partial charge in [-0.2, -0.15) is 0 Å². The molecule has 2 aromatic heterocycles. The number of anilines is 2. The summed E-state index contributed by atoms with van der Waals surface area (Å²) in [5, 5.41) is 6.28. The minimum absolute atomic E-state index is 0.00479. The Morgan fingerprint density at radius 3 is 2.42 bits per heavy atom. The Morgan fingerprint density at radius 2 is 1.75 bits per heavy atom. The summed E-state index contributed by atoms with van der Waals surface area (Å²) in [5.41, 5.74) is 4.81. The first-order valence-electron chi connectivity index (χ1n) is 18.1. The van der Waals surface area contributed by atoms with E-state index in [0.29, 0.717) is 44.6 Å². The van der Waals surface area contributed by atoms with Crippen LogP contribution >= 0.6 is 11.3 Å². The summed E-state index contributed by atoms with van der Waals surface area (Å²) >= 11 is 1.40. The van der Waals surface area contributed by atoms with Crippen molar-refractivity contribution in [3.63, 3.8) is 0 Å². The number of hydrogen-bond acceptors (Lipinski definition) is 8. The van der Waals surface area contributed by atoms with Crippen LogP contribution in [0.2, 0.25) is 0 Å². The average molecular weight is 717 g/mol. The van der Waals surface area contributed by atoms with E-state index in [-0.39, 0.29) is 28.7 Å². The van der Waals surface area contributed by atoms with Crippen molar-refractivity contribution in [2.75, 3.05) is 36.5 Å². The van der Waals surface area contributed by atoms with E-state index in [1.807, 2.05) is 45.0 Å². The zero-order valence-corrected chi connectivity index (χ0v) is 30.7. The zero-order chi connectivity index (χ0) is 36.2. The lowest BCUT2D eigenvalue weighted by molar-refractivity contribution is -0.0437. The minimum atomic E-state index is -0.394. The molecular weight excluding hydrogens is 673 g/mol. The van der Waals surface area contributed by atoms with Gasteiger partial charge < -0.3 is 25.2 Å². The van der Waals surface area contributed by atoms with Crippen molar-refractivity contribution in [2.24, 2.45) is 16.3 Å². The number of allylic oxidation sites excluding steroid dienone is 4. The number of thiophene rings is 1. The van der Waals surface area contributed by atoms with E-state index in [0.717, 1.165) is 74.8 Å². The lowest BCUT2D eigenvalue weighted by atomic mass is 9.50. The normalized spacial score (nSPS) is 24.5. The first kappa shape index (κ1) is 34.2. The predicted molar refractivity (Wildman–Crippen MR) is 204 cm³/mol. The van der Waals surface area contributed by atoms with Gasteiger partial charge >= 0.3 is 0 Å². The summed E-state index contributed by atoms with van der Waals surface area (Å²) in [4.78, 5) is 56.1. The van der Waals surface area contributed by atoms with Gasteiger partial charge in [-0.3, -0.25) is 14.4 Å². The van der Waals surface area contributed by atoms with Crippen LogP contribution in [0, 0.1) is 18.3 Å². The molecule has 0 unspecified atom stereocenters. The van der Waals surface area contributed by atoms with E-state index >= 15 is 0 Å². The van der Waals surface area contributed by atoms with Gasteiger partial charge in [-0.1, -0.05) is 18.7 Å². The van der Waals surface area contributed by atoms with E-state index in [4.69, 9.17) is 9.73 Å². The third kappa shape index (κ3) is 6.19. The highest BCUT2D eigenvalue weighted by Crippen LogP contribution is 2.57. The Labute approximate surface area is 308 Å². The summed E-state index contributed by atoms with van der Waals surface area (Å²) in [7, 11) is 0. The Bertz CT molecular complexity index is 2030. The van der Waals surface area contributed by atoms with Gasteiger partial charge in [-0.15, -0.1) is 11.3 Å². The topological polar surface area (TPSA) is 116 Å². The lowest BCUT2D eigenvalue weighted by Gasteiger charge is -2.61. The Balaban J connectivity index is 0.984.